The van der Waals surface area contributed by atoms with Crippen molar-refractivity contribution < 1.29 is 22.7 Å². The van der Waals surface area contributed by atoms with Gasteiger partial charge < -0.3 is 9.47 Å². The number of hydrogen-bond acceptors (Lipinski definition) is 5. The van der Waals surface area contributed by atoms with E-state index in [4.69, 9.17) is 21.1 Å². The molecule has 0 bridgehead atoms. The van der Waals surface area contributed by atoms with Crippen molar-refractivity contribution in [2.45, 2.75) is 18.4 Å². The molecule has 2 aromatic carbocycles. The third-order valence-electron chi connectivity index (χ3n) is 4.35. The summed E-state index contributed by atoms with van der Waals surface area (Å²) in [6.45, 7) is 3.05. The summed E-state index contributed by atoms with van der Waals surface area (Å²) in [6, 6.07) is 11.6. The first-order chi connectivity index (χ1) is 12.9. The SMILES string of the molecule is Cc1ccc(S(=O)(=O)N2CCOCC2)cc1C(=O)OCc1ccccc1Cl. The van der Waals surface area contributed by atoms with E-state index in [9.17, 15) is 13.2 Å². The largest absolute Gasteiger partial charge is 0.457 e. The van der Waals surface area contributed by atoms with Crippen LogP contribution in [0.2, 0.25) is 5.02 Å². The highest BCUT2D eigenvalue weighted by Gasteiger charge is 2.27. The van der Waals surface area contributed by atoms with E-state index in [2.05, 4.69) is 0 Å². The van der Waals surface area contributed by atoms with Crippen LogP contribution in [0, 0.1) is 6.92 Å². The zero-order valence-corrected chi connectivity index (χ0v) is 16.4. The fraction of sp³-hybridized carbons (Fsp3) is 0.316. The summed E-state index contributed by atoms with van der Waals surface area (Å²) in [6.07, 6.45) is 0. The molecular formula is C19H20ClNO5S. The van der Waals surface area contributed by atoms with Crippen LogP contribution in [0.4, 0.5) is 0 Å². The molecule has 1 heterocycles. The lowest BCUT2D eigenvalue weighted by Gasteiger charge is -2.26. The van der Waals surface area contributed by atoms with Crippen LogP contribution in [0.1, 0.15) is 21.5 Å². The number of hydrogen-bond donors (Lipinski definition) is 0. The Labute approximate surface area is 163 Å². The maximum Gasteiger partial charge on any atom is 0.338 e. The average Bonchev–Trinajstić information content (AvgIpc) is 2.68. The topological polar surface area (TPSA) is 72.9 Å². The number of carbonyl (C=O) groups is 1. The highest BCUT2D eigenvalue weighted by atomic mass is 35.5. The second-order valence-corrected chi connectivity index (χ2v) is 8.51. The summed E-state index contributed by atoms with van der Waals surface area (Å²) < 4.78 is 37.5. The Balaban J connectivity index is 1.80. The summed E-state index contributed by atoms with van der Waals surface area (Å²) in [5, 5.41) is 0.505. The summed E-state index contributed by atoms with van der Waals surface area (Å²) in [7, 11) is -3.68. The lowest BCUT2D eigenvalue weighted by molar-refractivity contribution is 0.0471. The number of ether oxygens (including phenoxy) is 2. The zero-order chi connectivity index (χ0) is 19.4. The smallest absolute Gasteiger partial charge is 0.338 e. The lowest BCUT2D eigenvalue weighted by Crippen LogP contribution is -2.40. The molecule has 3 rings (SSSR count). The maximum atomic E-state index is 12.8. The third kappa shape index (κ3) is 4.50. The summed E-state index contributed by atoms with van der Waals surface area (Å²) in [5.41, 5.74) is 1.54. The van der Waals surface area contributed by atoms with Crippen LogP contribution < -0.4 is 0 Å². The molecule has 8 heteroatoms. The molecule has 27 heavy (non-hydrogen) atoms. The van der Waals surface area contributed by atoms with Gasteiger partial charge in [0, 0.05) is 23.7 Å². The van der Waals surface area contributed by atoms with Crippen molar-refractivity contribution in [2.24, 2.45) is 0 Å². The second-order valence-electron chi connectivity index (χ2n) is 6.16. The molecule has 0 amide bonds. The predicted molar refractivity (Wildman–Crippen MR) is 101 cm³/mol. The first kappa shape index (κ1) is 19.8. The Bertz CT molecular complexity index is 939. The number of esters is 1. The van der Waals surface area contributed by atoms with Gasteiger partial charge >= 0.3 is 5.97 Å². The van der Waals surface area contributed by atoms with E-state index >= 15 is 0 Å². The third-order valence-corrected chi connectivity index (χ3v) is 6.62. The van der Waals surface area contributed by atoms with Gasteiger partial charge in [-0.3, -0.25) is 0 Å². The predicted octanol–water partition coefficient (Wildman–Crippen LogP) is 3.03. The van der Waals surface area contributed by atoms with Crippen LogP contribution in [-0.2, 0) is 26.1 Å². The van der Waals surface area contributed by atoms with Crippen LogP contribution in [0.5, 0.6) is 0 Å². The fourth-order valence-corrected chi connectivity index (χ4v) is 4.38. The van der Waals surface area contributed by atoms with Gasteiger partial charge in [-0.15, -0.1) is 0 Å². The summed E-state index contributed by atoms with van der Waals surface area (Å²) in [4.78, 5) is 12.6. The molecular weight excluding hydrogens is 390 g/mol. The van der Waals surface area contributed by atoms with Gasteiger partial charge in [0.2, 0.25) is 10.0 Å². The highest BCUT2D eigenvalue weighted by molar-refractivity contribution is 7.89. The van der Waals surface area contributed by atoms with Crippen molar-refractivity contribution >= 4 is 27.6 Å². The van der Waals surface area contributed by atoms with Crippen LogP contribution in [0.25, 0.3) is 0 Å². The highest BCUT2D eigenvalue weighted by Crippen LogP contribution is 2.22. The number of nitrogens with zero attached hydrogens (tertiary/aromatic N) is 1. The van der Waals surface area contributed by atoms with E-state index in [1.807, 2.05) is 0 Å². The van der Waals surface area contributed by atoms with Crippen LogP contribution >= 0.6 is 11.6 Å². The molecule has 1 aliphatic heterocycles. The van der Waals surface area contributed by atoms with Crippen molar-refractivity contribution in [2.75, 3.05) is 26.3 Å². The van der Waals surface area contributed by atoms with Gasteiger partial charge in [0.25, 0.3) is 0 Å². The molecule has 0 radical (unpaired) electrons. The molecule has 0 unspecified atom stereocenters. The Kier molecular flexibility index (Phi) is 6.16. The Hall–Kier alpha value is -1.93. The lowest BCUT2D eigenvalue weighted by atomic mass is 10.1. The normalized spacial score (nSPS) is 15.5. The number of morpholine rings is 1. The van der Waals surface area contributed by atoms with E-state index in [1.165, 1.54) is 16.4 Å². The molecule has 6 nitrogen and oxygen atoms in total. The van der Waals surface area contributed by atoms with Gasteiger partial charge in [-0.25, -0.2) is 13.2 Å². The minimum atomic E-state index is -3.68. The molecule has 0 spiro atoms. The second kappa shape index (κ2) is 8.39. The number of sulfonamides is 1. The fourth-order valence-electron chi connectivity index (χ4n) is 2.75. The number of aryl methyl sites for hydroxylation is 1. The van der Waals surface area contributed by atoms with Crippen LogP contribution in [0.15, 0.2) is 47.4 Å². The molecule has 0 aliphatic carbocycles. The Morgan fingerprint density at radius 1 is 1.19 bits per heavy atom. The van der Waals surface area contributed by atoms with Crippen molar-refractivity contribution in [1.29, 1.82) is 0 Å². The maximum absolute atomic E-state index is 12.8. The molecule has 0 aromatic heterocycles. The van der Waals surface area contributed by atoms with Crippen LogP contribution in [0.3, 0.4) is 0 Å². The molecule has 144 valence electrons. The quantitative estimate of drug-likeness (QED) is 0.710. The van der Waals surface area contributed by atoms with E-state index in [1.54, 1.807) is 37.3 Å². The minimum absolute atomic E-state index is 0.0123. The molecule has 2 aromatic rings. The average molecular weight is 410 g/mol. The van der Waals surface area contributed by atoms with Crippen LogP contribution in [-0.4, -0.2) is 45.0 Å². The molecule has 0 N–H and O–H groups in total. The Morgan fingerprint density at radius 3 is 2.59 bits per heavy atom. The molecule has 0 atom stereocenters. The summed E-state index contributed by atoms with van der Waals surface area (Å²) in [5.74, 6) is -0.591. The Morgan fingerprint density at radius 2 is 1.89 bits per heavy atom. The van der Waals surface area contributed by atoms with Gasteiger partial charge in [0.05, 0.1) is 23.7 Å². The van der Waals surface area contributed by atoms with E-state index in [0.717, 1.165) is 0 Å². The van der Waals surface area contributed by atoms with E-state index in [-0.39, 0.29) is 17.1 Å². The monoisotopic (exact) mass is 409 g/mol. The molecule has 1 saturated heterocycles. The van der Waals surface area contributed by atoms with Crippen molar-refractivity contribution in [3.8, 4) is 0 Å². The number of carbonyl (C=O) groups excluding carboxylic acids is 1. The van der Waals surface area contributed by atoms with Gasteiger partial charge in [0.15, 0.2) is 0 Å². The molecule has 1 aliphatic rings. The number of halogens is 1. The molecule has 0 saturated carbocycles. The molecule has 1 fully saturated rings. The van der Waals surface area contributed by atoms with E-state index < -0.39 is 16.0 Å². The standard InChI is InChI=1S/C19H20ClNO5S/c1-14-6-7-16(27(23,24)21-8-10-25-11-9-21)12-17(14)19(22)26-13-15-4-2-3-5-18(15)20/h2-7,12H,8-11,13H2,1H3. The van der Waals surface area contributed by atoms with Crippen molar-refractivity contribution in [1.82, 2.24) is 4.31 Å². The first-order valence-corrected chi connectivity index (χ1v) is 10.3. The van der Waals surface area contributed by atoms with E-state index in [0.29, 0.717) is 42.5 Å². The zero-order valence-electron chi connectivity index (χ0n) is 14.9. The first-order valence-electron chi connectivity index (χ1n) is 8.48. The van der Waals surface area contributed by atoms with Crippen molar-refractivity contribution in [3.63, 3.8) is 0 Å². The summed E-state index contributed by atoms with van der Waals surface area (Å²) >= 11 is 6.07. The van der Waals surface area contributed by atoms with Gasteiger partial charge in [-0.1, -0.05) is 35.9 Å². The van der Waals surface area contributed by atoms with Gasteiger partial charge in [-0.2, -0.15) is 4.31 Å². The minimum Gasteiger partial charge on any atom is -0.457 e. The van der Waals surface area contributed by atoms with Crippen molar-refractivity contribution in [3.05, 3.63) is 64.2 Å². The van der Waals surface area contributed by atoms with Gasteiger partial charge in [-0.05, 0) is 30.7 Å². The number of rotatable bonds is 5. The van der Waals surface area contributed by atoms with Gasteiger partial charge in [0.1, 0.15) is 6.61 Å². The number of benzene rings is 2.